The Kier molecular flexibility index (Phi) is 6.78. The third kappa shape index (κ3) is 4.35. The fraction of sp³-hybridized carbons (Fsp3) is 0.321. The fourth-order valence-corrected chi connectivity index (χ4v) is 8.95. The van der Waals surface area contributed by atoms with E-state index in [1.54, 1.807) is 0 Å². The second-order valence-electron chi connectivity index (χ2n) is 9.74. The van der Waals surface area contributed by atoms with Crippen LogP contribution < -0.4 is 0 Å². The number of ketones is 1. The number of Topliss-reactive ketones (excluding diaryl/α,β-unsaturated/α-hetero) is 1. The van der Waals surface area contributed by atoms with Gasteiger partial charge in [-0.25, -0.2) is 0 Å². The van der Waals surface area contributed by atoms with Gasteiger partial charge in [-0.1, -0.05) is 75.4 Å². The van der Waals surface area contributed by atoms with Crippen LogP contribution in [0.2, 0.25) is 0 Å². The van der Waals surface area contributed by atoms with Crippen molar-refractivity contribution in [2.24, 2.45) is 16.7 Å². The van der Waals surface area contributed by atoms with Gasteiger partial charge >= 0.3 is 0 Å². The number of carbonyl (C=O) groups excluding carboxylic acids is 1. The molecule has 6 heteroatoms. The van der Waals surface area contributed by atoms with Crippen LogP contribution in [0.1, 0.15) is 33.6 Å². The lowest BCUT2D eigenvalue weighted by atomic mass is 9.70. The zero-order valence-corrected chi connectivity index (χ0v) is 21.4. The molecule has 3 unspecified atom stereocenters. The molecule has 34 heavy (non-hydrogen) atoms. The molecule has 2 bridgehead atoms. The lowest BCUT2D eigenvalue weighted by Crippen LogP contribution is -2.38. The van der Waals surface area contributed by atoms with E-state index in [1.807, 2.05) is 20.8 Å². The van der Waals surface area contributed by atoms with E-state index in [-0.39, 0.29) is 28.0 Å². The first-order valence-electron chi connectivity index (χ1n) is 11.5. The lowest BCUT2D eigenvalue weighted by Gasteiger charge is -2.32. The first-order valence-corrected chi connectivity index (χ1v) is 14.2. The smallest absolute Gasteiger partial charge is 0.275 e. The topological polar surface area (TPSA) is 71.4 Å². The van der Waals surface area contributed by atoms with Gasteiger partial charge in [0.15, 0.2) is 20.5 Å². The monoisotopic (exact) mass is 495 g/mol. The Balaban J connectivity index is 0.000000166. The van der Waals surface area contributed by atoms with Gasteiger partial charge in [0, 0.05) is 5.41 Å². The largest absolute Gasteiger partial charge is 0.297 e. The Bertz CT molecular complexity index is 1150. The van der Waals surface area contributed by atoms with Gasteiger partial charge in [-0.2, -0.15) is 8.42 Å². The maximum Gasteiger partial charge on any atom is 0.275 e. The summed E-state index contributed by atoms with van der Waals surface area (Å²) in [7, 11) is -4.26. The van der Waals surface area contributed by atoms with Crippen molar-refractivity contribution in [1.29, 1.82) is 0 Å². The average molecular weight is 496 g/mol. The van der Waals surface area contributed by atoms with Gasteiger partial charge in [-0.3, -0.25) is 9.35 Å². The van der Waals surface area contributed by atoms with Crippen molar-refractivity contribution in [1.82, 2.24) is 0 Å². The van der Waals surface area contributed by atoms with E-state index in [0.29, 0.717) is 6.42 Å². The van der Waals surface area contributed by atoms with E-state index in [2.05, 4.69) is 91.0 Å². The third-order valence-electron chi connectivity index (χ3n) is 7.73. The second kappa shape index (κ2) is 9.33. The molecule has 3 aromatic rings. The number of hydrogen-bond donors (Lipinski definition) is 1. The molecule has 0 aromatic heterocycles. The molecule has 2 aliphatic rings. The highest BCUT2D eigenvalue weighted by atomic mass is 32.2. The van der Waals surface area contributed by atoms with Crippen LogP contribution in [0, 0.1) is 16.7 Å². The number of hydrogen-bond acceptors (Lipinski definition) is 3. The molecule has 2 fully saturated rings. The van der Waals surface area contributed by atoms with Gasteiger partial charge in [0.05, 0.1) is 10.9 Å². The van der Waals surface area contributed by atoms with E-state index in [0.717, 1.165) is 6.42 Å². The van der Waals surface area contributed by atoms with Crippen molar-refractivity contribution < 1.29 is 17.8 Å². The molecule has 0 amide bonds. The molecule has 3 aromatic carbocycles. The van der Waals surface area contributed by atoms with Crippen LogP contribution >= 0.6 is 0 Å². The summed E-state index contributed by atoms with van der Waals surface area (Å²) >= 11 is 0. The summed E-state index contributed by atoms with van der Waals surface area (Å²) in [4.78, 5) is 16.1. The number of benzene rings is 3. The van der Waals surface area contributed by atoms with Crippen molar-refractivity contribution >= 4 is 26.8 Å². The van der Waals surface area contributed by atoms with Crippen LogP contribution in [-0.4, -0.2) is 24.0 Å². The van der Waals surface area contributed by atoms with Crippen LogP contribution in [0.3, 0.4) is 0 Å². The summed E-state index contributed by atoms with van der Waals surface area (Å²) in [5.74, 6) is -0.531. The van der Waals surface area contributed by atoms with Crippen LogP contribution in [-0.2, 0) is 25.8 Å². The number of rotatable bonds is 4. The van der Waals surface area contributed by atoms with E-state index in [4.69, 9.17) is 4.55 Å². The quantitative estimate of drug-likeness (QED) is 0.353. The Labute approximate surface area is 205 Å². The van der Waals surface area contributed by atoms with Crippen molar-refractivity contribution in [3.63, 3.8) is 0 Å². The van der Waals surface area contributed by atoms with E-state index < -0.39 is 20.8 Å². The number of fused-ring (bicyclic) bond motifs is 2. The molecule has 0 spiro atoms. The van der Waals surface area contributed by atoms with Gasteiger partial charge in [0.2, 0.25) is 0 Å². The molecule has 4 nitrogen and oxygen atoms in total. The summed E-state index contributed by atoms with van der Waals surface area (Å²) in [5, 5.41) is -1.19. The molecular formula is C28H31O4S2+. The zero-order valence-electron chi connectivity index (χ0n) is 19.7. The van der Waals surface area contributed by atoms with Crippen molar-refractivity contribution in [3.8, 4) is 0 Å². The van der Waals surface area contributed by atoms with Crippen LogP contribution in [0.4, 0.5) is 0 Å². The maximum atomic E-state index is 12.0. The minimum absolute atomic E-state index is 0.0146. The molecule has 1 N–H and O–H groups in total. The van der Waals surface area contributed by atoms with Gasteiger partial charge in [-0.15, -0.1) is 0 Å². The SMILES string of the molecule is CC12CCC(C(S(=O)(=O)O)C1=O)C2(C)C.c1ccc([S+](c2ccccc2)c2ccccc2)cc1. The average Bonchev–Trinajstić information content (AvgIpc) is 3.14. The van der Waals surface area contributed by atoms with Crippen molar-refractivity contribution in [3.05, 3.63) is 91.0 Å². The summed E-state index contributed by atoms with van der Waals surface area (Å²) < 4.78 is 31.5. The highest BCUT2D eigenvalue weighted by Gasteiger charge is 2.69. The molecule has 0 radical (unpaired) electrons. The second-order valence-corrected chi connectivity index (χ2v) is 13.3. The predicted molar refractivity (Wildman–Crippen MR) is 136 cm³/mol. The molecule has 0 aliphatic heterocycles. The molecular weight excluding hydrogens is 464 g/mol. The highest BCUT2D eigenvalue weighted by molar-refractivity contribution is 7.97. The normalized spacial score (nSPS) is 25.1. The van der Waals surface area contributed by atoms with Gasteiger partial charge in [-0.05, 0) is 60.6 Å². The van der Waals surface area contributed by atoms with Crippen LogP contribution in [0.5, 0.6) is 0 Å². The Morgan fingerprint density at radius 1 is 0.765 bits per heavy atom. The molecule has 2 aliphatic carbocycles. The first-order chi connectivity index (χ1) is 16.1. The van der Waals surface area contributed by atoms with Gasteiger partial charge < -0.3 is 0 Å². The Hall–Kier alpha value is -2.41. The zero-order chi connectivity index (χ0) is 24.6. The van der Waals surface area contributed by atoms with Crippen molar-refractivity contribution in [2.45, 2.75) is 53.5 Å². The summed E-state index contributed by atoms with van der Waals surface area (Å²) in [6.07, 6.45) is 1.44. The van der Waals surface area contributed by atoms with Gasteiger partial charge in [0.1, 0.15) is 5.25 Å². The summed E-state index contributed by atoms with van der Waals surface area (Å²) in [6, 6.07) is 32.2. The minimum Gasteiger partial charge on any atom is -0.297 e. The summed E-state index contributed by atoms with van der Waals surface area (Å²) in [6.45, 7) is 5.67. The number of carbonyl (C=O) groups is 1. The summed E-state index contributed by atoms with van der Waals surface area (Å²) in [5.41, 5.74) is -0.914. The highest BCUT2D eigenvalue weighted by Crippen LogP contribution is 2.64. The fourth-order valence-electron chi connectivity index (χ4n) is 5.42. The van der Waals surface area contributed by atoms with Crippen molar-refractivity contribution in [2.75, 3.05) is 0 Å². The molecule has 178 valence electrons. The lowest BCUT2D eigenvalue weighted by molar-refractivity contribution is -0.128. The molecule has 2 saturated carbocycles. The minimum atomic E-state index is -4.24. The molecule has 5 rings (SSSR count). The van der Waals surface area contributed by atoms with Gasteiger partial charge in [0.25, 0.3) is 10.1 Å². The molecule has 3 atom stereocenters. The predicted octanol–water partition coefficient (Wildman–Crippen LogP) is 6.05. The van der Waals surface area contributed by atoms with E-state index >= 15 is 0 Å². The Morgan fingerprint density at radius 2 is 1.15 bits per heavy atom. The maximum absolute atomic E-state index is 12.0. The first kappa shape index (κ1) is 24.7. The molecule has 0 heterocycles. The third-order valence-corrected chi connectivity index (χ3v) is 11.1. The van der Waals surface area contributed by atoms with Crippen LogP contribution in [0.25, 0.3) is 0 Å². The van der Waals surface area contributed by atoms with E-state index in [9.17, 15) is 13.2 Å². The van der Waals surface area contributed by atoms with E-state index in [1.165, 1.54) is 14.7 Å². The standard InChI is InChI=1S/C18H15S.C10H16O4S/c1-4-10-16(11-5-1)19(17-12-6-2-7-13-17)18-14-8-3-9-15-18;1-9(2)6-4-5-10(9,3)8(11)7(6)15(12,13)14/h1-15H;6-7H,4-5H2,1-3H3,(H,12,13,14)/q+1;. The molecule has 0 saturated heterocycles. The Morgan fingerprint density at radius 3 is 1.41 bits per heavy atom. The van der Waals surface area contributed by atoms with Crippen LogP contribution in [0.15, 0.2) is 106 Å².